The number of aromatic nitrogens is 2. The molecule has 1 amide bonds. The van der Waals surface area contributed by atoms with Gasteiger partial charge in [0.15, 0.2) is 0 Å². The Bertz CT molecular complexity index is 717. The van der Waals surface area contributed by atoms with Crippen molar-refractivity contribution in [2.45, 2.75) is 39.7 Å². The minimum absolute atomic E-state index is 0.0975. The summed E-state index contributed by atoms with van der Waals surface area (Å²) in [6, 6.07) is 9.88. The van der Waals surface area contributed by atoms with Crippen LogP contribution in [0, 0.1) is 19.8 Å². The number of amides is 1. The van der Waals surface area contributed by atoms with Crippen LogP contribution in [0.15, 0.2) is 30.3 Å². The molecular weight excluding hydrogens is 300 g/mol. The number of hydrogen-bond acceptors (Lipinski definition) is 3. The van der Waals surface area contributed by atoms with E-state index in [9.17, 15) is 4.79 Å². The summed E-state index contributed by atoms with van der Waals surface area (Å²) < 4.78 is 1.90. The van der Waals surface area contributed by atoms with Gasteiger partial charge in [0, 0.05) is 30.4 Å². The normalized spacial score (nSPS) is 19.3. The highest BCUT2D eigenvalue weighted by Gasteiger charge is 2.26. The van der Waals surface area contributed by atoms with Crippen LogP contribution in [-0.2, 0) is 0 Å². The lowest BCUT2D eigenvalue weighted by molar-refractivity contribution is 0.0661. The fourth-order valence-electron chi connectivity index (χ4n) is 3.44. The number of carbonyl (C=O) groups is 1. The Labute approximate surface area is 143 Å². The van der Waals surface area contributed by atoms with E-state index in [1.54, 1.807) is 0 Å². The third-order valence-corrected chi connectivity index (χ3v) is 4.86. The Morgan fingerprint density at radius 3 is 2.58 bits per heavy atom. The molecule has 2 unspecified atom stereocenters. The van der Waals surface area contributed by atoms with Crippen molar-refractivity contribution >= 4 is 5.91 Å². The van der Waals surface area contributed by atoms with E-state index in [1.807, 2.05) is 60.7 Å². The number of hydrogen-bond donors (Lipinski definition) is 1. The molecule has 2 aromatic rings. The summed E-state index contributed by atoms with van der Waals surface area (Å²) in [5.41, 5.74) is 9.80. The van der Waals surface area contributed by atoms with Gasteiger partial charge in [-0.25, -0.2) is 4.68 Å². The Balaban J connectivity index is 1.75. The van der Waals surface area contributed by atoms with Crippen LogP contribution < -0.4 is 5.73 Å². The van der Waals surface area contributed by atoms with Gasteiger partial charge in [0.25, 0.3) is 5.91 Å². The number of aryl methyl sites for hydroxylation is 2. The van der Waals surface area contributed by atoms with Crippen molar-refractivity contribution in [3.63, 3.8) is 0 Å². The Morgan fingerprint density at radius 1 is 1.29 bits per heavy atom. The topological polar surface area (TPSA) is 64.2 Å². The largest absolute Gasteiger partial charge is 0.338 e. The number of nitrogens with two attached hydrogens (primary N) is 1. The van der Waals surface area contributed by atoms with E-state index in [4.69, 9.17) is 5.73 Å². The van der Waals surface area contributed by atoms with Crippen molar-refractivity contribution < 1.29 is 4.79 Å². The second-order valence-electron chi connectivity index (χ2n) is 6.90. The lowest BCUT2D eigenvalue weighted by Gasteiger charge is -2.34. The summed E-state index contributed by atoms with van der Waals surface area (Å²) in [5, 5.41) is 4.48. The molecular formula is C19H26N4O. The van der Waals surface area contributed by atoms with Crippen LogP contribution in [0.2, 0.25) is 0 Å². The van der Waals surface area contributed by atoms with E-state index in [1.165, 1.54) is 0 Å². The summed E-state index contributed by atoms with van der Waals surface area (Å²) in [6.45, 7) is 7.62. The van der Waals surface area contributed by atoms with Crippen molar-refractivity contribution in [3.05, 3.63) is 47.3 Å². The third kappa shape index (κ3) is 3.36. The van der Waals surface area contributed by atoms with Crippen LogP contribution in [-0.4, -0.2) is 39.7 Å². The molecule has 0 radical (unpaired) electrons. The fourth-order valence-corrected chi connectivity index (χ4v) is 3.44. The molecule has 1 aromatic carbocycles. The molecule has 0 saturated carbocycles. The van der Waals surface area contributed by atoms with E-state index < -0.39 is 0 Å². The van der Waals surface area contributed by atoms with Gasteiger partial charge in [-0.1, -0.05) is 0 Å². The molecule has 1 saturated heterocycles. The number of benzene rings is 1. The molecule has 24 heavy (non-hydrogen) atoms. The highest BCUT2D eigenvalue weighted by molar-refractivity contribution is 5.94. The van der Waals surface area contributed by atoms with Crippen molar-refractivity contribution in [3.8, 4) is 5.69 Å². The third-order valence-electron chi connectivity index (χ3n) is 4.86. The number of carbonyl (C=O) groups excluding carboxylic acids is 1. The Kier molecular flexibility index (Phi) is 4.71. The standard InChI is InChI=1S/C19H26N4O/c1-13-11-14(2)23(21-13)18-8-6-16(7-9-18)19(24)22-10-4-5-17(12-22)15(3)20/h6-9,11,15,17H,4-5,10,12,20H2,1-3H3. The van der Waals surface area contributed by atoms with Gasteiger partial charge in [0.05, 0.1) is 11.4 Å². The Hall–Kier alpha value is -2.14. The molecule has 1 aliphatic rings. The maximum absolute atomic E-state index is 12.7. The fraction of sp³-hybridized carbons (Fsp3) is 0.474. The van der Waals surface area contributed by atoms with E-state index >= 15 is 0 Å². The molecule has 1 aromatic heterocycles. The molecule has 2 atom stereocenters. The second-order valence-corrected chi connectivity index (χ2v) is 6.90. The predicted molar refractivity (Wildman–Crippen MR) is 95.3 cm³/mol. The van der Waals surface area contributed by atoms with Crippen molar-refractivity contribution in [2.75, 3.05) is 13.1 Å². The molecule has 0 aliphatic carbocycles. The number of rotatable bonds is 3. The van der Waals surface area contributed by atoms with Crippen molar-refractivity contribution in [1.82, 2.24) is 14.7 Å². The number of nitrogens with zero attached hydrogens (tertiary/aromatic N) is 3. The summed E-state index contributed by atoms with van der Waals surface area (Å²) in [7, 11) is 0. The number of likely N-dealkylation sites (tertiary alicyclic amines) is 1. The molecule has 128 valence electrons. The molecule has 3 rings (SSSR count). The first-order valence-corrected chi connectivity index (χ1v) is 8.64. The van der Waals surface area contributed by atoms with Crippen molar-refractivity contribution in [1.29, 1.82) is 0 Å². The predicted octanol–water partition coefficient (Wildman–Crippen LogP) is 2.69. The van der Waals surface area contributed by atoms with E-state index in [2.05, 4.69) is 5.10 Å². The lowest BCUT2D eigenvalue weighted by atomic mass is 9.92. The number of piperidine rings is 1. The molecule has 1 fully saturated rings. The molecule has 5 nitrogen and oxygen atoms in total. The zero-order valence-corrected chi connectivity index (χ0v) is 14.7. The SMILES string of the molecule is Cc1cc(C)n(-c2ccc(C(=O)N3CCCC(C(C)N)C3)cc2)n1. The van der Waals surface area contributed by atoms with Gasteiger partial charge < -0.3 is 10.6 Å². The molecule has 0 bridgehead atoms. The second kappa shape index (κ2) is 6.77. The van der Waals surface area contributed by atoms with Crippen LogP contribution >= 0.6 is 0 Å². The summed E-state index contributed by atoms with van der Waals surface area (Å²) >= 11 is 0. The van der Waals surface area contributed by atoms with E-state index in [0.717, 1.165) is 48.6 Å². The van der Waals surface area contributed by atoms with Gasteiger partial charge in [-0.15, -0.1) is 0 Å². The van der Waals surface area contributed by atoms with Crippen LogP contribution in [0.1, 0.15) is 41.5 Å². The van der Waals surface area contributed by atoms with Crippen LogP contribution in [0.5, 0.6) is 0 Å². The van der Waals surface area contributed by atoms with Gasteiger partial charge in [0.1, 0.15) is 0 Å². The van der Waals surface area contributed by atoms with E-state index in [0.29, 0.717) is 5.92 Å². The van der Waals surface area contributed by atoms with E-state index in [-0.39, 0.29) is 11.9 Å². The van der Waals surface area contributed by atoms with Crippen LogP contribution in [0.25, 0.3) is 5.69 Å². The summed E-state index contributed by atoms with van der Waals surface area (Å²) in [6.07, 6.45) is 2.14. The zero-order valence-electron chi connectivity index (χ0n) is 14.7. The maximum Gasteiger partial charge on any atom is 0.253 e. The van der Waals surface area contributed by atoms with Crippen molar-refractivity contribution in [2.24, 2.45) is 11.7 Å². The minimum atomic E-state index is 0.0975. The maximum atomic E-state index is 12.7. The summed E-state index contributed by atoms with van der Waals surface area (Å²) in [4.78, 5) is 14.7. The molecule has 2 N–H and O–H groups in total. The zero-order chi connectivity index (χ0) is 17.3. The first-order chi connectivity index (χ1) is 11.5. The minimum Gasteiger partial charge on any atom is -0.338 e. The smallest absolute Gasteiger partial charge is 0.253 e. The van der Waals surface area contributed by atoms with Gasteiger partial charge >= 0.3 is 0 Å². The first-order valence-electron chi connectivity index (χ1n) is 8.64. The summed E-state index contributed by atoms with van der Waals surface area (Å²) in [5.74, 6) is 0.497. The van der Waals surface area contributed by atoms with Gasteiger partial charge in [-0.3, -0.25) is 4.79 Å². The molecule has 0 spiro atoms. The van der Waals surface area contributed by atoms with Crippen LogP contribution in [0.3, 0.4) is 0 Å². The monoisotopic (exact) mass is 326 g/mol. The van der Waals surface area contributed by atoms with Crippen LogP contribution in [0.4, 0.5) is 0 Å². The average Bonchev–Trinajstić information content (AvgIpc) is 2.93. The Morgan fingerprint density at radius 2 is 2.00 bits per heavy atom. The van der Waals surface area contributed by atoms with Gasteiger partial charge in [0.2, 0.25) is 0 Å². The van der Waals surface area contributed by atoms with Gasteiger partial charge in [-0.2, -0.15) is 5.10 Å². The molecule has 2 heterocycles. The first kappa shape index (κ1) is 16.7. The van der Waals surface area contributed by atoms with Gasteiger partial charge in [-0.05, 0) is 69.9 Å². The quantitative estimate of drug-likeness (QED) is 0.943. The molecule has 1 aliphatic heterocycles. The average molecular weight is 326 g/mol. The molecule has 5 heteroatoms. The highest BCUT2D eigenvalue weighted by Crippen LogP contribution is 2.21. The lowest BCUT2D eigenvalue weighted by Crippen LogP contribution is -2.45. The highest BCUT2D eigenvalue weighted by atomic mass is 16.2.